The van der Waals surface area contributed by atoms with Crippen molar-refractivity contribution in [1.82, 2.24) is 4.98 Å². The Labute approximate surface area is 274 Å². The van der Waals surface area contributed by atoms with Crippen LogP contribution in [0.25, 0.3) is 0 Å². The number of hydrogen-bond donors (Lipinski definition) is 0. The first-order valence-corrected chi connectivity index (χ1v) is 19.8. The fourth-order valence-corrected chi connectivity index (χ4v) is 15.0. The molecule has 0 bridgehead atoms. The van der Waals surface area contributed by atoms with Crippen LogP contribution in [0.3, 0.4) is 0 Å². The summed E-state index contributed by atoms with van der Waals surface area (Å²) < 4.78 is 0. The van der Waals surface area contributed by atoms with Crippen molar-refractivity contribution in [2.45, 2.75) is 12.3 Å². The summed E-state index contributed by atoms with van der Waals surface area (Å²) in [5.41, 5.74) is 2.27. The first-order valence-electron chi connectivity index (χ1n) is 15.8. The SMILES string of the molecule is c1ccc([P+](Cc2cccc(C[P+](c3ccccc3)(c3ccccc3)c3ccccc3)n2)(c2ccccc2)c2ccccc2)cc1. The summed E-state index contributed by atoms with van der Waals surface area (Å²) in [5, 5.41) is 8.25. The first-order chi connectivity index (χ1) is 22.8. The molecule has 0 atom stereocenters. The fourth-order valence-electron chi connectivity index (χ4n) is 6.73. The molecular formula is C43H37NP2+2. The van der Waals surface area contributed by atoms with Crippen LogP contribution < -0.4 is 31.8 Å². The highest BCUT2D eigenvalue weighted by molar-refractivity contribution is 7.95. The predicted molar refractivity (Wildman–Crippen MR) is 202 cm³/mol. The molecule has 3 heteroatoms. The van der Waals surface area contributed by atoms with Crippen LogP contribution in [0, 0.1) is 0 Å². The predicted octanol–water partition coefficient (Wildman–Crippen LogP) is 8.07. The van der Waals surface area contributed by atoms with Crippen LogP contribution in [0.1, 0.15) is 11.4 Å². The number of nitrogens with zero attached hydrogens (tertiary/aromatic N) is 1. The molecule has 0 unspecified atom stereocenters. The Morgan fingerprint density at radius 2 is 0.478 bits per heavy atom. The Morgan fingerprint density at radius 1 is 0.261 bits per heavy atom. The van der Waals surface area contributed by atoms with Crippen LogP contribution in [-0.4, -0.2) is 4.98 Å². The van der Waals surface area contributed by atoms with Crippen molar-refractivity contribution in [3.05, 3.63) is 212 Å². The van der Waals surface area contributed by atoms with Crippen LogP contribution in [0.2, 0.25) is 0 Å². The maximum Gasteiger partial charge on any atom is 0.118 e. The smallest absolute Gasteiger partial charge is 0.118 e. The molecule has 222 valence electrons. The lowest BCUT2D eigenvalue weighted by Gasteiger charge is -2.28. The molecule has 0 aliphatic carbocycles. The number of aromatic nitrogens is 1. The highest BCUT2D eigenvalue weighted by Crippen LogP contribution is 2.59. The van der Waals surface area contributed by atoms with Crippen LogP contribution in [0.4, 0.5) is 0 Å². The molecule has 0 N–H and O–H groups in total. The topological polar surface area (TPSA) is 12.9 Å². The third-order valence-corrected chi connectivity index (χ3v) is 17.5. The maximum atomic E-state index is 5.55. The van der Waals surface area contributed by atoms with Gasteiger partial charge in [-0.1, -0.05) is 115 Å². The summed E-state index contributed by atoms with van der Waals surface area (Å²) in [5.74, 6) is 0. The van der Waals surface area contributed by atoms with Gasteiger partial charge in [0.1, 0.15) is 58.7 Å². The van der Waals surface area contributed by atoms with Crippen molar-refractivity contribution in [3.63, 3.8) is 0 Å². The molecule has 1 aromatic heterocycles. The Morgan fingerprint density at radius 3 is 0.696 bits per heavy atom. The molecule has 0 fully saturated rings. The van der Waals surface area contributed by atoms with Crippen molar-refractivity contribution < 1.29 is 0 Å². The van der Waals surface area contributed by atoms with E-state index < -0.39 is 14.5 Å². The molecule has 0 saturated heterocycles. The molecule has 7 aromatic rings. The van der Waals surface area contributed by atoms with Crippen molar-refractivity contribution >= 4 is 46.4 Å². The minimum absolute atomic E-state index is 0.854. The first kappa shape index (κ1) is 30.0. The van der Waals surface area contributed by atoms with Crippen molar-refractivity contribution in [3.8, 4) is 0 Å². The second kappa shape index (κ2) is 13.8. The normalized spacial score (nSPS) is 11.7. The summed E-state index contributed by atoms with van der Waals surface area (Å²) in [4.78, 5) is 5.55. The zero-order valence-electron chi connectivity index (χ0n) is 25.8. The second-order valence-electron chi connectivity index (χ2n) is 11.6. The highest BCUT2D eigenvalue weighted by Gasteiger charge is 2.47. The van der Waals surface area contributed by atoms with Gasteiger partial charge in [-0.25, -0.2) is 0 Å². The van der Waals surface area contributed by atoms with Crippen molar-refractivity contribution in [1.29, 1.82) is 0 Å². The lowest BCUT2D eigenvalue weighted by molar-refractivity contribution is 1.08. The van der Waals surface area contributed by atoms with E-state index in [4.69, 9.17) is 4.98 Å². The molecule has 0 amide bonds. The molecule has 6 aromatic carbocycles. The molecular weight excluding hydrogens is 592 g/mol. The van der Waals surface area contributed by atoms with Gasteiger partial charge in [-0.2, -0.15) is 0 Å². The van der Waals surface area contributed by atoms with Gasteiger partial charge in [0.2, 0.25) is 0 Å². The molecule has 0 saturated carbocycles. The zero-order chi connectivity index (χ0) is 31.1. The van der Waals surface area contributed by atoms with E-state index in [0.29, 0.717) is 0 Å². The third-order valence-electron chi connectivity index (χ3n) is 8.84. The quantitative estimate of drug-likeness (QED) is 0.140. The lowest BCUT2D eigenvalue weighted by Crippen LogP contribution is -2.33. The molecule has 1 nitrogen and oxygen atoms in total. The van der Waals surface area contributed by atoms with Gasteiger partial charge in [0.15, 0.2) is 0 Å². The van der Waals surface area contributed by atoms with E-state index in [1.54, 1.807) is 0 Å². The number of hydrogen-bond acceptors (Lipinski definition) is 1. The van der Waals surface area contributed by atoms with Gasteiger partial charge >= 0.3 is 0 Å². The summed E-state index contributed by atoms with van der Waals surface area (Å²) in [6.45, 7) is 0. The lowest BCUT2D eigenvalue weighted by atomic mass is 10.3. The highest BCUT2D eigenvalue weighted by atomic mass is 31.2. The monoisotopic (exact) mass is 629 g/mol. The minimum atomic E-state index is -2.07. The van der Waals surface area contributed by atoms with Gasteiger partial charge < -0.3 is 0 Å². The summed E-state index contributed by atoms with van der Waals surface area (Å²) in [7, 11) is -4.15. The standard InChI is InChI=1S/C43H37NP2/c1-7-22-38(23-8-1)45(39-24-9-2-10-25-39,40-26-11-3-12-27-40)34-36-20-19-21-37(44-36)35-46(41-28-13-4-14-29-41,42-30-15-5-16-31-42)43-32-17-6-18-33-43/h1-33H,34-35H2/q+2. The maximum absolute atomic E-state index is 5.55. The van der Waals surface area contributed by atoms with Gasteiger partial charge in [0, 0.05) is 0 Å². The van der Waals surface area contributed by atoms with E-state index in [1.807, 2.05) is 0 Å². The van der Waals surface area contributed by atoms with Gasteiger partial charge in [0.05, 0.1) is 11.4 Å². The van der Waals surface area contributed by atoms with E-state index in [-0.39, 0.29) is 0 Å². The molecule has 0 radical (unpaired) electrons. The van der Waals surface area contributed by atoms with Gasteiger partial charge in [-0.3, -0.25) is 4.98 Å². The molecule has 7 rings (SSSR count). The molecule has 0 spiro atoms. The molecule has 0 aliphatic heterocycles. The van der Waals surface area contributed by atoms with E-state index >= 15 is 0 Å². The van der Waals surface area contributed by atoms with Crippen LogP contribution in [-0.2, 0) is 12.3 Å². The summed E-state index contributed by atoms with van der Waals surface area (Å²) in [6, 6.07) is 73.3. The fraction of sp³-hybridized carbons (Fsp3) is 0.0465. The van der Waals surface area contributed by atoms with Gasteiger partial charge in [-0.15, -0.1) is 0 Å². The van der Waals surface area contributed by atoms with Crippen LogP contribution in [0.5, 0.6) is 0 Å². The Hall–Kier alpha value is -4.67. The second-order valence-corrected chi connectivity index (χ2v) is 18.5. The molecule has 46 heavy (non-hydrogen) atoms. The Kier molecular flexibility index (Phi) is 8.98. The largest absolute Gasteiger partial charge is 0.250 e. The average Bonchev–Trinajstić information content (AvgIpc) is 3.15. The van der Waals surface area contributed by atoms with E-state index in [9.17, 15) is 0 Å². The van der Waals surface area contributed by atoms with Gasteiger partial charge in [-0.05, 0) is 84.9 Å². The van der Waals surface area contributed by atoms with E-state index in [1.165, 1.54) is 31.8 Å². The van der Waals surface area contributed by atoms with Crippen molar-refractivity contribution in [2.75, 3.05) is 0 Å². The average molecular weight is 630 g/mol. The number of rotatable bonds is 10. The Bertz CT molecular complexity index is 1630. The molecule has 1 heterocycles. The van der Waals surface area contributed by atoms with E-state index in [2.05, 4.69) is 200 Å². The molecule has 0 aliphatic rings. The number of benzene rings is 6. The summed E-state index contributed by atoms with van der Waals surface area (Å²) >= 11 is 0. The summed E-state index contributed by atoms with van der Waals surface area (Å²) in [6.07, 6.45) is 1.71. The van der Waals surface area contributed by atoms with Crippen molar-refractivity contribution in [2.24, 2.45) is 0 Å². The third kappa shape index (κ3) is 5.86. The van der Waals surface area contributed by atoms with E-state index in [0.717, 1.165) is 23.7 Å². The van der Waals surface area contributed by atoms with Gasteiger partial charge in [0.25, 0.3) is 0 Å². The van der Waals surface area contributed by atoms with Crippen LogP contribution in [0.15, 0.2) is 200 Å². The zero-order valence-corrected chi connectivity index (χ0v) is 27.6. The number of pyridine rings is 1. The Balaban J connectivity index is 1.39. The van der Waals surface area contributed by atoms with Crippen LogP contribution >= 0.6 is 14.5 Å². The minimum Gasteiger partial charge on any atom is -0.250 e.